The number of hydrogen-bond donors (Lipinski definition) is 1. The van der Waals surface area contributed by atoms with Crippen molar-refractivity contribution in [1.29, 1.82) is 5.26 Å². The third-order valence-electron chi connectivity index (χ3n) is 1.83. The van der Waals surface area contributed by atoms with Gasteiger partial charge < -0.3 is 4.74 Å². The van der Waals surface area contributed by atoms with Gasteiger partial charge in [0.2, 0.25) is 0 Å². The van der Waals surface area contributed by atoms with Crippen LogP contribution >= 0.6 is 0 Å². The molecule has 0 aromatic heterocycles. The second-order valence-electron chi connectivity index (χ2n) is 2.82. The molecular weight excluding hydrogens is 206 g/mol. The number of nitrogens with one attached hydrogen (secondary N) is 1. The van der Waals surface area contributed by atoms with Gasteiger partial charge in [0.05, 0.1) is 19.3 Å². The molecule has 0 amide bonds. The Labute approximate surface area is 83.6 Å². The molecule has 0 atom stereocenters. The first-order valence-electron chi connectivity index (χ1n) is 4.36. The van der Waals surface area contributed by atoms with Gasteiger partial charge in [0.15, 0.2) is 0 Å². The smallest absolute Gasteiger partial charge is 0.279 e. The molecule has 1 rings (SSSR count). The molecule has 7 heteroatoms. The maximum absolute atomic E-state index is 11.5. The lowest BCUT2D eigenvalue weighted by atomic mass is 10.5. The summed E-state index contributed by atoms with van der Waals surface area (Å²) in [6, 6.07) is 1.87. The Balaban J connectivity index is 2.43. The maximum Gasteiger partial charge on any atom is 0.279 e. The Morgan fingerprint density at radius 3 is 2.64 bits per heavy atom. The van der Waals surface area contributed by atoms with E-state index in [0.717, 1.165) is 0 Å². The number of nitrogens with zero attached hydrogens (tertiary/aromatic N) is 2. The molecule has 0 aromatic rings. The van der Waals surface area contributed by atoms with E-state index >= 15 is 0 Å². The third-order valence-corrected chi connectivity index (χ3v) is 3.45. The van der Waals surface area contributed by atoms with E-state index in [1.807, 2.05) is 6.07 Å². The lowest BCUT2D eigenvalue weighted by Crippen LogP contribution is -2.46. The number of nitriles is 1. The summed E-state index contributed by atoms with van der Waals surface area (Å²) in [5, 5.41) is 8.26. The van der Waals surface area contributed by atoms with Crippen LogP contribution in [0.5, 0.6) is 0 Å². The SMILES string of the molecule is N#CCCNS(=O)(=O)N1CCOCC1. The summed E-state index contributed by atoms with van der Waals surface area (Å²) in [7, 11) is -3.40. The molecule has 80 valence electrons. The van der Waals surface area contributed by atoms with Crippen molar-refractivity contribution >= 4 is 10.2 Å². The quantitative estimate of drug-likeness (QED) is 0.619. The fourth-order valence-corrected chi connectivity index (χ4v) is 2.29. The monoisotopic (exact) mass is 219 g/mol. The van der Waals surface area contributed by atoms with Gasteiger partial charge >= 0.3 is 0 Å². The molecule has 0 aliphatic carbocycles. The van der Waals surface area contributed by atoms with E-state index in [0.29, 0.717) is 26.3 Å². The van der Waals surface area contributed by atoms with E-state index in [-0.39, 0.29) is 13.0 Å². The van der Waals surface area contributed by atoms with Crippen molar-refractivity contribution in [3.8, 4) is 6.07 Å². The van der Waals surface area contributed by atoms with Crippen LogP contribution in [0.1, 0.15) is 6.42 Å². The number of hydrogen-bond acceptors (Lipinski definition) is 4. The van der Waals surface area contributed by atoms with Crippen LogP contribution in [0.25, 0.3) is 0 Å². The first-order chi connectivity index (χ1) is 6.67. The molecule has 0 unspecified atom stereocenters. The van der Waals surface area contributed by atoms with Crippen LogP contribution in [-0.4, -0.2) is 45.6 Å². The zero-order chi connectivity index (χ0) is 10.4. The van der Waals surface area contributed by atoms with Crippen LogP contribution in [-0.2, 0) is 14.9 Å². The Morgan fingerprint density at radius 2 is 2.07 bits per heavy atom. The number of morpholine rings is 1. The van der Waals surface area contributed by atoms with Crippen molar-refractivity contribution in [2.45, 2.75) is 6.42 Å². The molecule has 1 N–H and O–H groups in total. The van der Waals surface area contributed by atoms with E-state index in [4.69, 9.17) is 10.00 Å². The fraction of sp³-hybridized carbons (Fsp3) is 0.857. The van der Waals surface area contributed by atoms with Crippen LogP contribution in [0.15, 0.2) is 0 Å². The predicted molar refractivity (Wildman–Crippen MR) is 49.5 cm³/mol. The van der Waals surface area contributed by atoms with Gasteiger partial charge in [-0.3, -0.25) is 0 Å². The van der Waals surface area contributed by atoms with Gasteiger partial charge in [-0.05, 0) is 0 Å². The Morgan fingerprint density at radius 1 is 1.43 bits per heavy atom. The standard InChI is InChI=1S/C7H13N3O3S/c8-2-1-3-9-14(11,12)10-4-6-13-7-5-10/h9H,1,3-7H2. The summed E-state index contributed by atoms with van der Waals surface area (Å²) in [5.41, 5.74) is 0. The van der Waals surface area contributed by atoms with E-state index in [1.165, 1.54) is 4.31 Å². The van der Waals surface area contributed by atoms with Crippen molar-refractivity contribution in [3.05, 3.63) is 0 Å². The molecular formula is C7H13N3O3S. The summed E-state index contributed by atoms with van der Waals surface area (Å²) >= 11 is 0. The minimum Gasteiger partial charge on any atom is -0.379 e. The summed E-state index contributed by atoms with van der Waals surface area (Å²) in [5.74, 6) is 0. The predicted octanol–water partition coefficient (Wildman–Crippen LogP) is -0.933. The van der Waals surface area contributed by atoms with Crippen LogP contribution in [0.4, 0.5) is 0 Å². The van der Waals surface area contributed by atoms with Gasteiger partial charge in [-0.1, -0.05) is 0 Å². The van der Waals surface area contributed by atoms with Crippen LogP contribution in [0, 0.1) is 11.3 Å². The first-order valence-corrected chi connectivity index (χ1v) is 5.80. The molecule has 6 nitrogen and oxygen atoms in total. The third kappa shape index (κ3) is 3.23. The Bertz CT molecular complexity index is 303. The highest BCUT2D eigenvalue weighted by molar-refractivity contribution is 7.87. The molecule has 1 fully saturated rings. The lowest BCUT2D eigenvalue weighted by molar-refractivity contribution is 0.0725. The minimum atomic E-state index is -3.40. The first kappa shape index (κ1) is 11.4. The maximum atomic E-state index is 11.5. The van der Waals surface area contributed by atoms with Crippen molar-refractivity contribution in [2.24, 2.45) is 0 Å². The molecule has 1 heterocycles. The molecule has 0 bridgehead atoms. The molecule has 0 radical (unpaired) electrons. The van der Waals surface area contributed by atoms with Gasteiger partial charge in [-0.2, -0.15) is 18.0 Å². The van der Waals surface area contributed by atoms with Gasteiger partial charge in [0.1, 0.15) is 0 Å². The van der Waals surface area contributed by atoms with Gasteiger partial charge in [0, 0.05) is 26.1 Å². The summed E-state index contributed by atoms with van der Waals surface area (Å²) < 4.78 is 31.7. The van der Waals surface area contributed by atoms with Gasteiger partial charge in [0.25, 0.3) is 10.2 Å². The average molecular weight is 219 g/mol. The zero-order valence-electron chi connectivity index (χ0n) is 7.77. The highest BCUT2D eigenvalue weighted by Gasteiger charge is 2.23. The summed E-state index contributed by atoms with van der Waals surface area (Å²) in [4.78, 5) is 0. The molecule has 1 aliphatic rings. The van der Waals surface area contributed by atoms with Crippen molar-refractivity contribution in [3.63, 3.8) is 0 Å². The Kier molecular flexibility index (Phi) is 4.28. The summed E-state index contributed by atoms with van der Waals surface area (Å²) in [6.07, 6.45) is 0.184. The Hall–Kier alpha value is -0.680. The van der Waals surface area contributed by atoms with Crippen LogP contribution in [0.3, 0.4) is 0 Å². The zero-order valence-corrected chi connectivity index (χ0v) is 8.59. The lowest BCUT2D eigenvalue weighted by Gasteiger charge is -2.25. The van der Waals surface area contributed by atoms with Crippen molar-refractivity contribution in [2.75, 3.05) is 32.8 Å². The second kappa shape index (κ2) is 5.26. The van der Waals surface area contributed by atoms with E-state index in [9.17, 15) is 8.42 Å². The fourth-order valence-electron chi connectivity index (χ4n) is 1.11. The van der Waals surface area contributed by atoms with Crippen molar-refractivity contribution in [1.82, 2.24) is 9.03 Å². The highest BCUT2D eigenvalue weighted by atomic mass is 32.2. The normalized spacial score (nSPS) is 19.1. The van der Waals surface area contributed by atoms with Gasteiger partial charge in [-0.25, -0.2) is 4.72 Å². The molecule has 14 heavy (non-hydrogen) atoms. The highest BCUT2D eigenvalue weighted by Crippen LogP contribution is 2.02. The topological polar surface area (TPSA) is 82.4 Å². The van der Waals surface area contributed by atoms with Crippen LogP contribution in [0.2, 0.25) is 0 Å². The van der Waals surface area contributed by atoms with E-state index in [1.54, 1.807) is 0 Å². The van der Waals surface area contributed by atoms with E-state index in [2.05, 4.69) is 4.72 Å². The van der Waals surface area contributed by atoms with Crippen molar-refractivity contribution < 1.29 is 13.2 Å². The summed E-state index contributed by atoms with van der Waals surface area (Å²) in [6.45, 7) is 1.78. The number of ether oxygens (including phenoxy) is 1. The van der Waals surface area contributed by atoms with E-state index < -0.39 is 10.2 Å². The average Bonchev–Trinajstić information content (AvgIpc) is 2.19. The van der Waals surface area contributed by atoms with Gasteiger partial charge in [-0.15, -0.1) is 0 Å². The largest absolute Gasteiger partial charge is 0.379 e. The number of rotatable bonds is 4. The molecule has 1 aliphatic heterocycles. The molecule has 0 saturated carbocycles. The van der Waals surface area contributed by atoms with Crippen LogP contribution < -0.4 is 4.72 Å². The minimum absolute atomic E-state index is 0.163. The molecule has 1 saturated heterocycles. The second-order valence-corrected chi connectivity index (χ2v) is 4.57. The molecule has 0 aromatic carbocycles. The molecule has 0 spiro atoms.